The Hall–Kier alpha value is -2.18. The number of hydrogen-bond donors (Lipinski definition) is 0. The lowest BCUT2D eigenvalue weighted by molar-refractivity contribution is 0.177. The van der Waals surface area contributed by atoms with E-state index in [2.05, 4.69) is 23.1 Å². The second kappa shape index (κ2) is 8.23. The Bertz CT molecular complexity index is 773. The molecule has 2 fully saturated rings. The van der Waals surface area contributed by atoms with E-state index in [1.54, 1.807) is 14.2 Å². The van der Waals surface area contributed by atoms with Gasteiger partial charge in [-0.1, -0.05) is 18.2 Å². The topological polar surface area (TPSA) is 56.7 Å². The number of nitrogens with zero attached hydrogens (tertiary/aromatic N) is 3. The van der Waals surface area contributed by atoms with Crippen LogP contribution in [0, 0.1) is 0 Å². The SMILES string of the molecule is COCc1nc([C@@H]2CCOC2)cc(N(Cc2ccccc2OC)C2CC2)n1. The minimum Gasteiger partial charge on any atom is -0.496 e. The maximum atomic E-state index is 5.58. The lowest BCUT2D eigenvalue weighted by Gasteiger charge is -2.26. The predicted octanol–water partition coefficient (Wildman–Crippen LogP) is 3.30. The van der Waals surface area contributed by atoms with E-state index in [0.29, 0.717) is 18.6 Å². The van der Waals surface area contributed by atoms with Crippen molar-refractivity contribution >= 4 is 5.82 Å². The molecular formula is C21H27N3O3. The fourth-order valence-corrected chi connectivity index (χ4v) is 3.62. The van der Waals surface area contributed by atoms with E-state index in [1.807, 2.05) is 12.1 Å². The number of benzene rings is 1. The van der Waals surface area contributed by atoms with E-state index in [-0.39, 0.29) is 0 Å². The largest absolute Gasteiger partial charge is 0.496 e. The van der Waals surface area contributed by atoms with Gasteiger partial charge in [0.15, 0.2) is 5.82 Å². The zero-order valence-corrected chi connectivity index (χ0v) is 16.1. The predicted molar refractivity (Wildman–Crippen MR) is 103 cm³/mol. The summed E-state index contributed by atoms with van der Waals surface area (Å²) in [5.41, 5.74) is 2.24. The van der Waals surface area contributed by atoms with Gasteiger partial charge in [-0.15, -0.1) is 0 Å². The molecule has 2 aromatic rings. The van der Waals surface area contributed by atoms with Crippen molar-refractivity contribution in [1.82, 2.24) is 9.97 Å². The molecule has 6 heteroatoms. The number of hydrogen-bond acceptors (Lipinski definition) is 6. The molecule has 2 aliphatic rings. The smallest absolute Gasteiger partial charge is 0.156 e. The van der Waals surface area contributed by atoms with Crippen molar-refractivity contribution in [2.75, 3.05) is 32.3 Å². The second-order valence-corrected chi connectivity index (χ2v) is 7.23. The second-order valence-electron chi connectivity index (χ2n) is 7.23. The van der Waals surface area contributed by atoms with Crippen LogP contribution in [-0.4, -0.2) is 43.4 Å². The fraction of sp³-hybridized carbons (Fsp3) is 0.524. The lowest BCUT2D eigenvalue weighted by Crippen LogP contribution is -2.27. The van der Waals surface area contributed by atoms with E-state index in [9.17, 15) is 0 Å². The molecule has 0 spiro atoms. The summed E-state index contributed by atoms with van der Waals surface area (Å²) in [6.07, 6.45) is 3.40. The van der Waals surface area contributed by atoms with Crippen molar-refractivity contribution in [3.63, 3.8) is 0 Å². The highest BCUT2D eigenvalue weighted by molar-refractivity contribution is 5.46. The molecule has 1 aliphatic heterocycles. The molecule has 0 bridgehead atoms. The molecule has 0 unspecified atom stereocenters. The maximum absolute atomic E-state index is 5.58. The third kappa shape index (κ3) is 4.22. The first kappa shape index (κ1) is 18.2. The fourth-order valence-electron chi connectivity index (χ4n) is 3.62. The van der Waals surface area contributed by atoms with Crippen molar-refractivity contribution < 1.29 is 14.2 Å². The molecule has 0 radical (unpaired) electrons. The number of para-hydroxylation sites is 1. The van der Waals surface area contributed by atoms with Gasteiger partial charge in [0.1, 0.15) is 18.2 Å². The molecule has 0 amide bonds. The van der Waals surface area contributed by atoms with E-state index in [4.69, 9.17) is 24.2 Å². The van der Waals surface area contributed by atoms with Crippen LogP contribution in [-0.2, 0) is 22.6 Å². The first-order valence-corrected chi connectivity index (χ1v) is 9.61. The van der Waals surface area contributed by atoms with Crippen LogP contribution in [0.5, 0.6) is 5.75 Å². The van der Waals surface area contributed by atoms with Gasteiger partial charge < -0.3 is 19.1 Å². The average Bonchev–Trinajstić information content (AvgIpc) is 3.38. The molecule has 27 heavy (non-hydrogen) atoms. The Kier molecular flexibility index (Phi) is 5.55. The highest BCUT2D eigenvalue weighted by atomic mass is 16.5. The van der Waals surface area contributed by atoms with Gasteiger partial charge in [-0.05, 0) is 25.3 Å². The highest BCUT2D eigenvalue weighted by Gasteiger charge is 2.32. The molecule has 1 atom stereocenters. The van der Waals surface area contributed by atoms with E-state index in [0.717, 1.165) is 49.3 Å². The molecule has 6 nitrogen and oxygen atoms in total. The molecule has 0 N–H and O–H groups in total. The van der Waals surface area contributed by atoms with Gasteiger partial charge >= 0.3 is 0 Å². The monoisotopic (exact) mass is 369 g/mol. The van der Waals surface area contributed by atoms with Crippen molar-refractivity contribution in [3.8, 4) is 5.75 Å². The summed E-state index contributed by atoms with van der Waals surface area (Å²) in [6, 6.07) is 10.9. The Morgan fingerprint density at radius 2 is 2.00 bits per heavy atom. The third-order valence-corrected chi connectivity index (χ3v) is 5.22. The summed E-state index contributed by atoms with van der Waals surface area (Å²) in [7, 11) is 3.40. The molecule has 1 aromatic carbocycles. The quantitative estimate of drug-likeness (QED) is 0.712. The van der Waals surface area contributed by atoms with E-state index >= 15 is 0 Å². The summed E-state index contributed by atoms with van der Waals surface area (Å²) in [6.45, 7) is 2.73. The number of anilines is 1. The van der Waals surface area contributed by atoms with Crippen molar-refractivity contribution in [1.29, 1.82) is 0 Å². The minimum atomic E-state index is 0.342. The summed E-state index contributed by atoms with van der Waals surface area (Å²) in [5, 5.41) is 0. The Morgan fingerprint density at radius 1 is 1.15 bits per heavy atom. The van der Waals surface area contributed by atoms with E-state index < -0.39 is 0 Å². The van der Waals surface area contributed by atoms with Crippen molar-refractivity contribution in [2.45, 2.75) is 44.4 Å². The number of methoxy groups -OCH3 is 2. The minimum absolute atomic E-state index is 0.342. The van der Waals surface area contributed by atoms with Crippen LogP contribution < -0.4 is 9.64 Å². The molecule has 2 heterocycles. The van der Waals surface area contributed by atoms with Crippen LogP contribution in [0.1, 0.15) is 42.3 Å². The summed E-state index contributed by atoms with van der Waals surface area (Å²) in [4.78, 5) is 11.9. The Labute approximate surface area is 160 Å². The van der Waals surface area contributed by atoms with Crippen LogP contribution >= 0.6 is 0 Å². The van der Waals surface area contributed by atoms with Gasteiger partial charge in [-0.2, -0.15) is 0 Å². The van der Waals surface area contributed by atoms with Gasteiger partial charge in [0.05, 0.1) is 19.4 Å². The molecule has 1 aromatic heterocycles. The molecule has 1 aliphatic carbocycles. The van der Waals surface area contributed by atoms with Crippen LogP contribution in [0.15, 0.2) is 30.3 Å². The van der Waals surface area contributed by atoms with Gasteiger partial charge in [-0.25, -0.2) is 9.97 Å². The van der Waals surface area contributed by atoms with Gasteiger partial charge in [0, 0.05) is 43.9 Å². The molecule has 1 saturated heterocycles. The summed E-state index contributed by atoms with van der Waals surface area (Å²) >= 11 is 0. The average molecular weight is 369 g/mol. The van der Waals surface area contributed by atoms with Crippen LogP contribution in [0.4, 0.5) is 5.82 Å². The molecular weight excluding hydrogens is 342 g/mol. The highest BCUT2D eigenvalue weighted by Crippen LogP contribution is 2.35. The first-order valence-electron chi connectivity index (χ1n) is 9.61. The van der Waals surface area contributed by atoms with Crippen LogP contribution in [0.25, 0.3) is 0 Å². The number of ether oxygens (including phenoxy) is 3. The Balaban J connectivity index is 1.67. The van der Waals surface area contributed by atoms with Crippen molar-refractivity contribution in [3.05, 3.63) is 47.4 Å². The zero-order chi connectivity index (χ0) is 18.6. The normalized spacial score (nSPS) is 19.3. The molecule has 144 valence electrons. The summed E-state index contributed by atoms with van der Waals surface area (Å²) < 4.78 is 16.4. The van der Waals surface area contributed by atoms with Gasteiger partial charge in [0.2, 0.25) is 0 Å². The standard InChI is InChI=1S/C21H27N3O3/c1-25-14-20-22-18(16-9-10-27-13-16)11-21(23-20)24(17-7-8-17)12-15-5-3-4-6-19(15)26-2/h3-6,11,16-17H,7-10,12-14H2,1-2H3/t16-/m1/s1. The summed E-state index contributed by atoms with van der Waals surface area (Å²) in [5.74, 6) is 2.98. The molecule has 4 rings (SSSR count). The lowest BCUT2D eigenvalue weighted by atomic mass is 10.0. The van der Waals surface area contributed by atoms with Crippen LogP contribution in [0.3, 0.4) is 0 Å². The number of rotatable bonds is 8. The third-order valence-electron chi connectivity index (χ3n) is 5.22. The van der Waals surface area contributed by atoms with E-state index in [1.165, 1.54) is 18.4 Å². The van der Waals surface area contributed by atoms with Crippen LogP contribution in [0.2, 0.25) is 0 Å². The Morgan fingerprint density at radius 3 is 2.70 bits per heavy atom. The van der Waals surface area contributed by atoms with Gasteiger partial charge in [0.25, 0.3) is 0 Å². The number of aromatic nitrogens is 2. The zero-order valence-electron chi connectivity index (χ0n) is 16.1. The molecule has 1 saturated carbocycles. The first-order chi connectivity index (χ1) is 13.3. The maximum Gasteiger partial charge on any atom is 0.156 e. The van der Waals surface area contributed by atoms with Gasteiger partial charge in [-0.3, -0.25) is 0 Å². The van der Waals surface area contributed by atoms with Crippen molar-refractivity contribution in [2.24, 2.45) is 0 Å².